The third kappa shape index (κ3) is 4.23. The van der Waals surface area contributed by atoms with Crippen molar-refractivity contribution in [2.45, 2.75) is 47.5 Å². The molecule has 0 unspecified atom stereocenters. The third-order valence-corrected chi connectivity index (χ3v) is 7.67. The second-order valence-electron chi connectivity index (χ2n) is 11.3. The molecule has 0 saturated carbocycles. The Bertz CT molecular complexity index is 1680. The molecule has 0 fully saturated rings. The lowest BCUT2D eigenvalue weighted by Crippen LogP contribution is -2.01. The highest BCUT2D eigenvalue weighted by Crippen LogP contribution is 2.39. The monoisotopic (exact) mass is 493 g/mol. The van der Waals surface area contributed by atoms with Gasteiger partial charge in [-0.25, -0.2) is 0 Å². The second-order valence-corrected chi connectivity index (χ2v) is 11.3. The highest BCUT2D eigenvalue weighted by molar-refractivity contribution is 6.11. The SMILES string of the molecule is Cc1cc(C)cc(-c2ccc3c(c2)c2cc(-c4cc(C)cc(C)c4)ccc2n3-c2ccccc2C(C)C)c1. The predicted octanol–water partition coefficient (Wildman–Crippen LogP) is 10.5. The molecule has 1 heteroatoms. The van der Waals surface area contributed by atoms with Crippen LogP contribution in [0.25, 0.3) is 49.7 Å². The Morgan fingerprint density at radius 2 is 0.921 bits per heavy atom. The van der Waals surface area contributed by atoms with Crippen molar-refractivity contribution in [3.63, 3.8) is 0 Å². The fourth-order valence-electron chi connectivity index (χ4n) is 6.10. The maximum Gasteiger partial charge on any atom is 0.0541 e. The number of aryl methyl sites for hydroxylation is 4. The van der Waals surface area contributed by atoms with E-state index in [9.17, 15) is 0 Å². The molecule has 0 bridgehead atoms. The summed E-state index contributed by atoms with van der Waals surface area (Å²) in [6.07, 6.45) is 0. The zero-order valence-corrected chi connectivity index (χ0v) is 23.3. The number of rotatable bonds is 4. The molecular formula is C37H35N. The summed E-state index contributed by atoms with van der Waals surface area (Å²) in [5.74, 6) is 0.433. The molecule has 1 aromatic heterocycles. The van der Waals surface area contributed by atoms with Crippen LogP contribution in [0.3, 0.4) is 0 Å². The molecule has 0 aliphatic carbocycles. The molecule has 0 amide bonds. The van der Waals surface area contributed by atoms with Gasteiger partial charge in [0.1, 0.15) is 0 Å². The quantitative estimate of drug-likeness (QED) is 0.230. The lowest BCUT2D eigenvalue weighted by atomic mass is 9.97. The molecular weight excluding hydrogens is 458 g/mol. The molecule has 0 atom stereocenters. The van der Waals surface area contributed by atoms with E-state index in [2.05, 4.69) is 143 Å². The van der Waals surface area contributed by atoms with Crippen molar-refractivity contribution in [1.29, 1.82) is 0 Å². The molecule has 0 aliphatic heterocycles. The van der Waals surface area contributed by atoms with E-state index in [0.717, 1.165) is 0 Å². The van der Waals surface area contributed by atoms with Gasteiger partial charge in [-0.3, -0.25) is 0 Å². The van der Waals surface area contributed by atoms with Crippen molar-refractivity contribution in [3.05, 3.63) is 125 Å². The number of benzene rings is 5. The minimum atomic E-state index is 0.433. The third-order valence-electron chi connectivity index (χ3n) is 7.67. The lowest BCUT2D eigenvalue weighted by molar-refractivity contribution is 0.854. The Balaban J connectivity index is 1.68. The van der Waals surface area contributed by atoms with E-state index in [4.69, 9.17) is 0 Å². The molecule has 1 heterocycles. The first-order valence-electron chi connectivity index (χ1n) is 13.6. The van der Waals surface area contributed by atoms with Gasteiger partial charge >= 0.3 is 0 Å². The average molecular weight is 494 g/mol. The summed E-state index contributed by atoms with van der Waals surface area (Å²) in [4.78, 5) is 0. The zero-order valence-electron chi connectivity index (χ0n) is 23.3. The van der Waals surface area contributed by atoms with E-state index in [-0.39, 0.29) is 0 Å². The summed E-state index contributed by atoms with van der Waals surface area (Å²) in [7, 11) is 0. The van der Waals surface area contributed by atoms with Crippen LogP contribution in [0, 0.1) is 27.7 Å². The smallest absolute Gasteiger partial charge is 0.0541 e. The fourth-order valence-corrected chi connectivity index (χ4v) is 6.10. The topological polar surface area (TPSA) is 4.93 Å². The van der Waals surface area contributed by atoms with Gasteiger partial charge in [-0.2, -0.15) is 0 Å². The molecule has 1 nitrogen and oxygen atoms in total. The van der Waals surface area contributed by atoms with Crippen LogP contribution in [0.5, 0.6) is 0 Å². The maximum atomic E-state index is 2.47. The summed E-state index contributed by atoms with van der Waals surface area (Å²) in [6, 6.07) is 36.5. The van der Waals surface area contributed by atoms with Crippen LogP contribution in [0.15, 0.2) is 97.1 Å². The van der Waals surface area contributed by atoms with Gasteiger partial charge in [0.15, 0.2) is 0 Å². The number of nitrogens with zero attached hydrogens (tertiary/aromatic N) is 1. The van der Waals surface area contributed by atoms with Gasteiger partial charge in [-0.05, 0) is 91.8 Å². The highest BCUT2D eigenvalue weighted by Gasteiger charge is 2.17. The molecule has 0 radical (unpaired) electrons. The first-order chi connectivity index (χ1) is 18.3. The van der Waals surface area contributed by atoms with Crippen molar-refractivity contribution < 1.29 is 0 Å². The maximum absolute atomic E-state index is 2.47. The van der Waals surface area contributed by atoms with Crippen LogP contribution < -0.4 is 0 Å². The Hall–Kier alpha value is -4.10. The minimum Gasteiger partial charge on any atom is -0.309 e. The van der Waals surface area contributed by atoms with Crippen molar-refractivity contribution >= 4 is 21.8 Å². The van der Waals surface area contributed by atoms with Gasteiger partial charge in [0.05, 0.1) is 11.0 Å². The van der Waals surface area contributed by atoms with Crippen LogP contribution in [0.2, 0.25) is 0 Å². The Kier molecular flexibility index (Phi) is 5.95. The molecule has 0 N–H and O–H groups in total. The largest absolute Gasteiger partial charge is 0.309 e. The summed E-state index contributed by atoms with van der Waals surface area (Å²) < 4.78 is 2.47. The first-order valence-corrected chi connectivity index (χ1v) is 13.6. The van der Waals surface area contributed by atoms with E-state index in [0.29, 0.717) is 5.92 Å². The fraction of sp³-hybridized carbons (Fsp3) is 0.189. The number of fused-ring (bicyclic) bond motifs is 3. The van der Waals surface area contributed by atoms with Gasteiger partial charge < -0.3 is 4.57 Å². The summed E-state index contributed by atoms with van der Waals surface area (Å²) in [6.45, 7) is 13.3. The van der Waals surface area contributed by atoms with Gasteiger partial charge in [0, 0.05) is 16.5 Å². The summed E-state index contributed by atoms with van der Waals surface area (Å²) in [5.41, 5.74) is 15.4. The van der Waals surface area contributed by atoms with Gasteiger partial charge in [0.2, 0.25) is 0 Å². The van der Waals surface area contributed by atoms with E-state index in [1.54, 1.807) is 0 Å². The van der Waals surface area contributed by atoms with E-state index in [1.807, 2.05) is 0 Å². The normalized spacial score (nSPS) is 11.7. The molecule has 0 saturated heterocycles. The zero-order chi connectivity index (χ0) is 26.6. The van der Waals surface area contributed by atoms with Crippen molar-refractivity contribution in [3.8, 4) is 27.9 Å². The van der Waals surface area contributed by atoms with Crippen molar-refractivity contribution in [1.82, 2.24) is 4.57 Å². The van der Waals surface area contributed by atoms with Crippen LogP contribution in [0.1, 0.15) is 47.6 Å². The first kappa shape index (κ1) is 24.2. The summed E-state index contributed by atoms with van der Waals surface area (Å²) >= 11 is 0. The van der Waals surface area contributed by atoms with E-state index in [1.165, 1.54) is 77.6 Å². The van der Waals surface area contributed by atoms with Gasteiger partial charge in [0.25, 0.3) is 0 Å². The average Bonchev–Trinajstić information content (AvgIpc) is 3.20. The van der Waals surface area contributed by atoms with Crippen LogP contribution >= 0.6 is 0 Å². The van der Waals surface area contributed by atoms with Crippen molar-refractivity contribution in [2.24, 2.45) is 0 Å². The number of para-hydroxylation sites is 1. The Morgan fingerprint density at radius 1 is 0.474 bits per heavy atom. The number of aromatic nitrogens is 1. The van der Waals surface area contributed by atoms with Crippen molar-refractivity contribution in [2.75, 3.05) is 0 Å². The molecule has 0 aliphatic rings. The second kappa shape index (κ2) is 9.33. The van der Waals surface area contributed by atoms with Crippen LogP contribution in [-0.4, -0.2) is 4.57 Å². The number of hydrogen-bond acceptors (Lipinski definition) is 0. The van der Waals surface area contributed by atoms with Gasteiger partial charge in [-0.1, -0.05) is 103 Å². The minimum absolute atomic E-state index is 0.433. The van der Waals surface area contributed by atoms with Crippen LogP contribution in [0.4, 0.5) is 0 Å². The predicted molar refractivity (Wildman–Crippen MR) is 165 cm³/mol. The van der Waals surface area contributed by atoms with E-state index >= 15 is 0 Å². The highest BCUT2D eigenvalue weighted by atomic mass is 15.0. The summed E-state index contributed by atoms with van der Waals surface area (Å²) in [5, 5.41) is 2.59. The molecule has 188 valence electrons. The molecule has 0 spiro atoms. The molecule has 6 rings (SSSR count). The Morgan fingerprint density at radius 3 is 1.37 bits per heavy atom. The molecule has 5 aromatic carbocycles. The Labute approximate surface area is 226 Å². The van der Waals surface area contributed by atoms with Crippen LogP contribution in [-0.2, 0) is 0 Å². The number of hydrogen-bond donors (Lipinski definition) is 0. The molecule has 38 heavy (non-hydrogen) atoms. The molecule has 6 aromatic rings. The lowest BCUT2D eigenvalue weighted by Gasteiger charge is -2.16. The van der Waals surface area contributed by atoms with E-state index < -0.39 is 0 Å². The standard InChI is InChI=1S/C37H35N/c1-23(2)32-9-7-8-10-35(32)38-36-13-11-28(30-17-24(3)15-25(4)18-30)21-33(36)34-22-29(12-14-37(34)38)31-19-26(5)16-27(6)20-31/h7-23H,1-6H3. The van der Waals surface area contributed by atoms with Gasteiger partial charge in [-0.15, -0.1) is 0 Å².